The van der Waals surface area contributed by atoms with Crippen LogP contribution in [0.2, 0.25) is 0 Å². The van der Waals surface area contributed by atoms with Crippen molar-refractivity contribution in [3.05, 3.63) is 0 Å². The van der Waals surface area contributed by atoms with E-state index in [0.717, 1.165) is 32.8 Å². The molecule has 2 heterocycles. The van der Waals surface area contributed by atoms with E-state index in [4.69, 9.17) is 15.2 Å². The van der Waals surface area contributed by atoms with Gasteiger partial charge in [0.15, 0.2) is 0 Å². The molecule has 16 heavy (non-hydrogen) atoms. The van der Waals surface area contributed by atoms with Crippen LogP contribution in [0.1, 0.15) is 27.2 Å². The maximum atomic E-state index is 6.05. The van der Waals surface area contributed by atoms with Gasteiger partial charge in [-0.2, -0.15) is 0 Å². The summed E-state index contributed by atoms with van der Waals surface area (Å²) < 4.78 is 11.3. The van der Waals surface area contributed by atoms with E-state index in [9.17, 15) is 0 Å². The van der Waals surface area contributed by atoms with Crippen molar-refractivity contribution in [2.75, 3.05) is 32.9 Å². The number of hydrogen-bond acceptors (Lipinski definition) is 4. The third kappa shape index (κ3) is 1.78. The molecule has 2 aliphatic heterocycles. The lowest BCUT2D eigenvalue weighted by molar-refractivity contribution is -0.118. The van der Waals surface area contributed by atoms with Crippen LogP contribution in [0.15, 0.2) is 0 Å². The van der Waals surface area contributed by atoms with E-state index in [2.05, 4.69) is 25.7 Å². The second kappa shape index (κ2) is 4.26. The predicted octanol–water partition coefficient (Wildman–Crippen LogP) is 0.604. The summed E-state index contributed by atoms with van der Waals surface area (Å²) in [6, 6.07) is 0. The Morgan fingerprint density at radius 3 is 2.62 bits per heavy atom. The highest BCUT2D eigenvalue weighted by Crippen LogP contribution is 2.37. The quantitative estimate of drug-likeness (QED) is 0.752. The zero-order chi connectivity index (χ0) is 11.8. The highest BCUT2D eigenvalue weighted by Gasteiger charge is 2.50. The fourth-order valence-corrected chi connectivity index (χ4v) is 3.19. The molecule has 0 bridgehead atoms. The molecule has 4 nitrogen and oxygen atoms in total. The van der Waals surface area contributed by atoms with Crippen LogP contribution < -0.4 is 5.73 Å². The summed E-state index contributed by atoms with van der Waals surface area (Å²) in [5, 5.41) is 0. The van der Waals surface area contributed by atoms with Crippen molar-refractivity contribution < 1.29 is 9.47 Å². The van der Waals surface area contributed by atoms with Crippen LogP contribution >= 0.6 is 0 Å². The lowest BCUT2D eigenvalue weighted by Gasteiger charge is -2.53. The summed E-state index contributed by atoms with van der Waals surface area (Å²) in [7, 11) is 0. The van der Waals surface area contributed by atoms with E-state index < -0.39 is 0 Å². The standard InChI is InChI=1S/C12H24N2O2/c1-10-12(8-13,4-6-16-10)14-5-7-15-9-11(14,2)3/h10H,4-9,13H2,1-3H3. The zero-order valence-corrected chi connectivity index (χ0v) is 10.7. The van der Waals surface area contributed by atoms with Crippen LogP contribution in [-0.2, 0) is 9.47 Å². The average molecular weight is 228 g/mol. The molecule has 4 heteroatoms. The van der Waals surface area contributed by atoms with Gasteiger partial charge < -0.3 is 15.2 Å². The Hall–Kier alpha value is -0.160. The lowest BCUT2D eigenvalue weighted by Crippen LogP contribution is -2.68. The topological polar surface area (TPSA) is 47.7 Å². The van der Waals surface area contributed by atoms with Gasteiger partial charge in [-0.1, -0.05) is 0 Å². The molecule has 0 aromatic carbocycles. The van der Waals surface area contributed by atoms with Crippen molar-refractivity contribution in [1.29, 1.82) is 0 Å². The van der Waals surface area contributed by atoms with E-state index in [0.29, 0.717) is 6.54 Å². The van der Waals surface area contributed by atoms with Crippen LogP contribution in [0.5, 0.6) is 0 Å². The van der Waals surface area contributed by atoms with Crippen molar-refractivity contribution in [3.63, 3.8) is 0 Å². The third-order valence-electron chi connectivity index (χ3n) is 4.20. The van der Waals surface area contributed by atoms with Gasteiger partial charge in [0.25, 0.3) is 0 Å². The van der Waals surface area contributed by atoms with Crippen LogP contribution in [0.25, 0.3) is 0 Å². The molecule has 0 aromatic heterocycles. The summed E-state index contributed by atoms with van der Waals surface area (Å²) in [4.78, 5) is 2.52. The van der Waals surface area contributed by atoms with E-state index >= 15 is 0 Å². The number of rotatable bonds is 2. The van der Waals surface area contributed by atoms with Gasteiger partial charge in [0.1, 0.15) is 0 Å². The summed E-state index contributed by atoms with van der Waals surface area (Å²) in [5.41, 5.74) is 6.11. The first-order chi connectivity index (χ1) is 7.53. The largest absolute Gasteiger partial charge is 0.378 e. The summed E-state index contributed by atoms with van der Waals surface area (Å²) in [5.74, 6) is 0. The average Bonchev–Trinajstić information content (AvgIpc) is 2.60. The molecule has 0 amide bonds. The normalized spacial score (nSPS) is 40.1. The SMILES string of the molecule is CC1OCCC1(CN)N1CCOCC1(C)C. The molecule has 0 spiro atoms. The molecule has 2 fully saturated rings. The maximum absolute atomic E-state index is 6.05. The minimum Gasteiger partial charge on any atom is -0.378 e. The molecule has 0 aliphatic carbocycles. The van der Waals surface area contributed by atoms with E-state index in [1.54, 1.807) is 0 Å². The molecule has 0 radical (unpaired) electrons. The van der Waals surface area contributed by atoms with Crippen LogP contribution in [0.3, 0.4) is 0 Å². The first-order valence-electron chi connectivity index (χ1n) is 6.20. The molecular weight excluding hydrogens is 204 g/mol. The number of morpholine rings is 1. The van der Waals surface area contributed by atoms with Gasteiger partial charge >= 0.3 is 0 Å². The monoisotopic (exact) mass is 228 g/mol. The molecule has 0 saturated carbocycles. The maximum Gasteiger partial charge on any atom is 0.0744 e. The Labute approximate surface area is 98.1 Å². The molecule has 2 unspecified atom stereocenters. The molecule has 2 N–H and O–H groups in total. The van der Waals surface area contributed by atoms with Gasteiger partial charge in [0.2, 0.25) is 0 Å². The number of ether oxygens (including phenoxy) is 2. The van der Waals surface area contributed by atoms with Gasteiger partial charge in [-0.3, -0.25) is 4.90 Å². The zero-order valence-electron chi connectivity index (χ0n) is 10.7. The van der Waals surface area contributed by atoms with Gasteiger partial charge in [-0.25, -0.2) is 0 Å². The molecule has 2 saturated heterocycles. The minimum absolute atomic E-state index is 0.00722. The predicted molar refractivity (Wildman–Crippen MR) is 63.4 cm³/mol. The van der Waals surface area contributed by atoms with Gasteiger partial charge in [-0.15, -0.1) is 0 Å². The van der Waals surface area contributed by atoms with Gasteiger partial charge in [0.05, 0.1) is 24.9 Å². The van der Waals surface area contributed by atoms with E-state index in [-0.39, 0.29) is 17.2 Å². The Balaban J connectivity index is 2.25. The molecule has 2 aliphatic rings. The van der Waals surface area contributed by atoms with Crippen molar-refractivity contribution >= 4 is 0 Å². The minimum atomic E-state index is 0.00722. The lowest BCUT2D eigenvalue weighted by atomic mass is 9.84. The number of nitrogens with two attached hydrogens (primary N) is 1. The highest BCUT2D eigenvalue weighted by molar-refractivity contribution is 5.05. The molecule has 94 valence electrons. The van der Waals surface area contributed by atoms with Gasteiger partial charge in [-0.05, 0) is 27.2 Å². The summed E-state index contributed by atoms with van der Waals surface area (Å²) in [6.45, 7) is 10.6. The second-order valence-corrected chi connectivity index (χ2v) is 5.59. The van der Waals surface area contributed by atoms with Crippen LogP contribution in [-0.4, -0.2) is 55.0 Å². The van der Waals surface area contributed by atoms with Crippen molar-refractivity contribution in [2.45, 2.75) is 44.4 Å². The van der Waals surface area contributed by atoms with Gasteiger partial charge in [0, 0.05) is 25.2 Å². The summed E-state index contributed by atoms with van der Waals surface area (Å²) >= 11 is 0. The fraction of sp³-hybridized carbons (Fsp3) is 1.00. The van der Waals surface area contributed by atoms with Crippen molar-refractivity contribution in [2.24, 2.45) is 5.73 Å². The Morgan fingerprint density at radius 1 is 1.38 bits per heavy atom. The summed E-state index contributed by atoms with van der Waals surface area (Å²) in [6.07, 6.45) is 1.25. The molecule has 0 aromatic rings. The Bertz CT molecular complexity index is 257. The number of hydrogen-bond donors (Lipinski definition) is 1. The Morgan fingerprint density at radius 2 is 2.12 bits per heavy atom. The van der Waals surface area contributed by atoms with Crippen LogP contribution in [0.4, 0.5) is 0 Å². The third-order valence-corrected chi connectivity index (χ3v) is 4.20. The first-order valence-corrected chi connectivity index (χ1v) is 6.20. The smallest absolute Gasteiger partial charge is 0.0744 e. The molecule has 2 rings (SSSR count). The highest BCUT2D eigenvalue weighted by atomic mass is 16.5. The fourth-order valence-electron chi connectivity index (χ4n) is 3.19. The first kappa shape index (κ1) is 12.3. The second-order valence-electron chi connectivity index (χ2n) is 5.59. The number of nitrogens with zero attached hydrogens (tertiary/aromatic N) is 1. The van der Waals surface area contributed by atoms with E-state index in [1.165, 1.54) is 0 Å². The van der Waals surface area contributed by atoms with Crippen LogP contribution in [0, 0.1) is 0 Å². The molecular formula is C12H24N2O2. The van der Waals surface area contributed by atoms with Crippen molar-refractivity contribution in [1.82, 2.24) is 4.90 Å². The Kier molecular flexibility index (Phi) is 3.27. The van der Waals surface area contributed by atoms with E-state index in [1.807, 2.05) is 0 Å². The molecule has 2 atom stereocenters. The van der Waals surface area contributed by atoms with Crippen molar-refractivity contribution in [3.8, 4) is 0 Å².